The number of carbonyl (C=O) groups excluding carboxylic acids is 1. The van der Waals surface area contributed by atoms with Crippen LogP contribution in [-0.4, -0.2) is 21.6 Å². The fourth-order valence-electron chi connectivity index (χ4n) is 1.76. The lowest BCUT2D eigenvalue weighted by Gasteiger charge is -2.05. The lowest BCUT2D eigenvalue weighted by molar-refractivity contribution is -0.384. The van der Waals surface area contributed by atoms with Crippen molar-refractivity contribution < 1.29 is 14.8 Å². The van der Waals surface area contributed by atoms with Gasteiger partial charge in [0.05, 0.1) is 21.2 Å². The summed E-state index contributed by atoms with van der Waals surface area (Å²) >= 11 is 5.88. The second kappa shape index (κ2) is 6.89. The molecule has 0 saturated carbocycles. The third-order valence-electron chi connectivity index (χ3n) is 3.02. The van der Waals surface area contributed by atoms with Crippen LogP contribution in [0.5, 0.6) is 5.75 Å². The minimum Gasteiger partial charge on any atom is -0.508 e. The van der Waals surface area contributed by atoms with Crippen molar-refractivity contribution in [2.24, 2.45) is 5.10 Å². The highest BCUT2D eigenvalue weighted by molar-refractivity contribution is 6.34. The van der Waals surface area contributed by atoms with Gasteiger partial charge in [-0.2, -0.15) is 5.10 Å². The Balaban J connectivity index is 2.14. The van der Waals surface area contributed by atoms with Crippen molar-refractivity contribution >= 4 is 28.9 Å². The zero-order valence-electron chi connectivity index (χ0n) is 12.0. The number of hydrazone groups is 1. The quantitative estimate of drug-likeness (QED) is 0.509. The van der Waals surface area contributed by atoms with Gasteiger partial charge in [-0.05, 0) is 42.8 Å². The molecule has 118 valence electrons. The van der Waals surface area contributed by atoms with E-state index in [-0.39, 0.29) is 22.0 Å². The highest BCUT2D eigenvalue weighted by Gasteiger charge is 2.14. The molecule has 0 saturated heterocycles. The number of nitro groups is 1. The van der Waals surface area contributed by atoms with Crippen LogP contribution in [0.15, 0.2) is 47.6 Å². The van der Waals surface area contributed by atoms with E-state index in [1.807, 2.05) is 0 Å². The number of hydrogen-bond acceptors (Lipinski definition) is 5. The van der Waals surface area contributed by atoms with E-state index in [2.05, 4.69) is 10.5 Å². The van der Waals surface area contributed by atoms with Crippen molar-refractivity contribution in [3.8, 4) is 5.75 Å². The number of aromatic hydroxyl groups is 1. The number of hydrogen-bond donors (Lipinski definition) is 2. The van der Waals surface area contributed by atoms with Crippen molar-refractivity contribution in [2.75, 3.05) is 0 Å². The van der Waals surface area contributed by atoms with E-state index in [1.54, 1.807) is 19.1 Å². The van der Waals surface area contributed by atoms with Gasteiger partial charge < -0.3 is 5.11 Å². The van der Waals surface area contributed by atoms with E-state index < -0.39 is 10.8 Å². The van der Waals surface area contributed by atoms with Gasteiger partial charge >= 0.3 is 0 Å². The number of amides is 1. The van der Waals surface area contributed by atoms with E-state index in [9.17, 15) is 20.0 Å². The van der Waals surface area contributed by atoms with Crippen molar-refractivity contribution in [1.29, 1.82) is 0 Å². The van der Waals surface area contributed by atoms with E-state index in [4.69, 9.17) is 11.6 Å². The standard InChI is InChI=1S/C15H12ClN3O4/c1-9(10-2-5-12(20)6-3-10)17-18-15(21)13-7-4-11(19(22)23)8-14(13)16/h2-8,20H,1H3,(H,18,21)/b17-9-. The number of benzene rings is 2. The number of phenols is 1. The molecular formula is C15H12ClN3O4. The molecule has 0 bridgehead atoms. The molecular weight excluding hydrogens is 322 g/mol. The van der Waals surface area contributed by atoms with Crippen LogP contribution in [0.1, 0.15) is 22.8 Å². The van der Waals surface area contributed by atoms with Crippen molar-refractivity contribution in [3.63, 3.8) is 0 Å². The average Bonchev–Trinajstić information content (AvgIpc) is 2.52. The highest BCUT2D eigenvalue weighted by Crippen LogP contribution is 2.22. The van der Waals surface area contributed by atoms with Gasteiger partial charge in [-0.25, -0.2) is 5.43 Å². The minimum atomic E-state index is -0.597. The molecule has 0 aliphatic heterocycles. The molecule has 0 radical (unpaired) electrons. The summed E-state index contributed by atoms with van der Waals surface area (Å²) in [6, 6.07) is 9.87. The zero-order chi connectivity index (χ0) is 17.0. The number of phenolic OH excluding ortho intramolecular Hbond substituents is 1. The number of rotatable bonds is 4. The monoisotopic (exact) mass is 333 g/mol. The van der Waals surface area contributed by atoms with Gasteiger partial charge in [0.25, 0.3) is 11.6 Å². The summed E-state index contributed by atoms with van der Waals surface area (Å²) in [5.41, 5.74) is 3.46. The molecule has 2 aromatic carbocycles. The molecule has 0 aliphatic rings. The maximum Gasteiger partial charge on any atom is 0.272 e. The zero-order valence-corrected chi connectivity index (χ0v) is 12.7. The molecule has 0 spiro atoms. The van der Waals surface area contributed by atoms with E-state index >= 15 is 0 Å². The number of nitro benzene ring substituents is 1. The Kier molecular flexibility index (Phi) is 4.92. The Labute approximate surface area is 136 Å². The maximum absolute atomic E-state index is 12.0. The molecule has 0 aliphatic carbocycles. The largest absolute Gasteiger partial charge is 0.508 e. The topological polar surface area (TPSA) is 105 Å². The lowest BCUT2D eigenvalue weighted by Crippen LogP contribution is -2.19. The summed E-state index contributed by atoms with van der Waals surface area (Å²) in [7, 11) is 0. The van der Waals surface area contributed by atoms with Gasteiger partial charge in [-0.1, -0.05) is 11.6 Å². The van der Waals surface area contributed by atoms with Crippen LogP contribution in [0.3, 0.4) is 0 Å². The van der Waals surface area contributed by atoms with Crippen LogP contribution in [-0.2, 0) is 0 Å². The van der Waals surface area contributed by atoms with Gasteiger partial charge in [-0.15, -0.1) is 0 Å². The van der Waals surface area contributed by atoms with E-state index in [0.29, 0.717) is 5.71 Å². The fourth-order valence-corrected chi connectivity index (χ4v) is 2.02. The Morgan fingerprint density at radius 1 is 1.26 bits per heavy atom. The summed E-state index contributed by atoms with van der Waals surface area (Å²) in [5.74, 6) is -0.453. The Morgan fingerprint density at radius 2 is 1.91 bits per heavy atom. The normalized spacial score (nSPS) is 11.1. The molecule has 2 rings (SSSR count). The fraction of sp³-hybridized carbons (Fsp3) is 0.0667. The Morgan fingerprint density at radius 3 is 2.48 bits per heavy atom. The van der Waals surface area contributed by atoms with Crippen LogP contribution in [0.2, 0.25) is 5.02 Å². The van der Waals surface area contributed by atoms with Gasteiger partial charge in [-0.3, -0.25) is 14.9 Å². The first kappa shape index (κ1) is 16.4. The van der Waals surface area contributed by atoms with Crippen LogP contribution in [0.25, 0.3) is 0 Å². The highest BCUT2D eigenvalue weighted by atomic mass is 35.5. The minimum absolute atomic E-state index is 0.0332. The van der Waals surface area contributed by atoms with Gasteiger partial charge in [0.2, 0.25) is 0 Å². The maximum atomic E-state index is 12.0. The molecule has 7 nitrogen and oxygen atoms in total. The number of carbonyl (C=O) groups is 1. The summed E-state index contributed by atoms with van der Waals surface area (Å²) in [4.78, 5) is 22.1. The summed E-state index contributed by atoms with van der Waals surface area (Å²) in [5, 5.41) is 23.8. The van der Waals surface area contributed by atoms with Crippen molar-refractivity contribution in [2.45, 2.75) is 6.92 Å². The Hall–Kier alpha value is -2.93. The van der Waals surface area contributed by atoms with E-state index in [0.717, 1.165) is 11.6 Å². The number of non-ortho nitro benzene ring substituents is 1. The predicted octanol–water partition coefficient (Wildman–Crippen LogP) is 3.11. The second-order valence-electron chi connectivity index (χ2n) is 4.61. The first-order valence-corrected chi connectivity index (χ1v) is 6.84. The summed E-state index contributed by atoms with van der Waals surface area (Å²) < 4.78 is 0. The second-order valence-corrected chi connectivity index (χ2v) is 5.01. The van der Waals surface area contributed by atoms with Crippen LogP contribution < -0.4 is 5.43 Å². The molecule has 2 aromatic rings. The molecule has 0 aromatic heterocycles. The van der Waals surface area contributed by atoms with Crippen LogP contribution >= 0.6 is 11.6 Å². The van der Waals surface area contributed by atoms with Gasteiger partial charge in [0, 0.05) is 12.1 Å². The molecule has 1 amide bonds. The van der Waals surface area contributed by atoms with Crippen molar-refractivity contribution in [1.82, 2.24) is 5.43 Å². The summed E-state index contributed by atoms with van der Waals surface area (Å²) in [6.07, 6.45) is 0. The molecule has 23 heavy (non-hydrogen) atoms. The SMILES string of the molecule is C/C(=N/NC(=O)c1ccc([N+](=O)[O-])cc1Cl)c1ccc(O)cc1. The molecule has 0 fully saturated rings. The number of nitrogens with one attached hydrogen (secondary N) is 1. The van der Waals surface area contributed by atoms with E-state index in [1.165, 1.54) is 24.3 Å². The third-order valence-corrected chi connectivity index (χ3v) is 3.33. The molecule has 8 heteroatoms. The number of halogens is 1. The first-order valence-electron chi connectivity index (χ1n) is 6.46. The van der Waals surface area contributed by atoms with Gasteiger partial charge in [0.1, 0.15) is 5.75 Å². The summed E-state index contributed by atoms with van der Waals surface area (Å²) in [6.45, 7) is 1.68. The molecule has 0 atom stereocenters. The molecule has 2 N–H and O–H groups in total. The smallest absolute Gasteiger partial charge is 0.272 e. The lowest BCUT2D eigenvalue weighted by atomic mass is 10.1. The van der Waals surface area contributed by atoms with Crippen LogP contribution in [0.4, 0.5) is 5.69 Å². The van der Waals surface area contributed by atoms with Gasteiger partial charge in [0.15, 0.2) is 0 Å². The average molecular weight is 334 g/mol. The molecule has 0 unspecified atom stereocenters. The molecule has 0 heterocycles. The third kappa shape index (κ3) is 4.04. The van der Waals surface area contributed by atoms with Crippen LogP contribution in [0, 0.1) is 10.1 Å². The first-order chi connectivity index (χ1) is 10.9. The Bertz CT molecular complexity index is 788. The van der Waals surface area contributed by atoms with Crippen molar-refractivity contribution in [3.05, 3.63) is 68.7 Å². The number of nitrogens with zero attached hydrogens (tertiary/aromatic N) is 2. The predicted molar refractivity (Wildman–Crippen MR) is 85.9 cm³/mol.